The summed E-state index contributed by atoms with van der Waals surface area (Å²) in [4.78, 5) is 16.3. The number of ether oxygens (including phenoxy) is 3. The van der Waals surface area contributed by atoms with Crippen LogP contribution in [-0.4, -0.2) is 48.0 Å². The van der Waals surface area contributed by atoms with Gasteiger partial charge < -0.3 is 14.2 Å². The summed E-state index contributed by atoms with van der Waals surface area (Å²) in [6.07, 6.45) is 4.49. The molecular formula is C16H19N3O4. The molecule has 0 radical (unpaired) electrons. The highest BCUT2D eigenvalue weighted by atomic mass is 16.5. The Morgan fingerprint density at radius 2 is 2.09 bits per heavy atom. The first-order chi connectivity index (χ1) is 11.2. The summed E-state index contributed by atoms with van der Waals surface area (Å²) >= 11 is 0. The molecule has 0 amide bonds. The molecule has 0 aliphatic carbocycles. The lowest BCUT2D eigenvalue weighted by Gasteiger charge is -2.11. The van der Waals surface area contributed by atoms with E-state index >= 15 is 0 Å². The van der Waals surface area contributed by atoms with Gasteiger partial charge in [0.05, 0.1) is 13.7 Å². The third-order valence-corrected chi connectivity index (χ3v) is 3.12. The lowest BCUT2D eigenvalue weighted by atomic mass is 10.1. The Hall–Kier alpha value is -2.67. The molecule has 0 N–H and O–H groups in total. The molecule has 7 nitrogen and oxygen atoms in total. The second-order valence-electron chi connectivity index (χ2n) is 4.65. The van der Waals surface area contributed by atoms with Crippen molar-refractivity contribution in [2.24, 2.45) is 7.05 Å². The van der Waals surface area contributed by atoms with Gasteiger partial charge in [-0.25, -0.2) is 9.67 Å². The number of ketones is 1. The monoisotopic (exact) mass is 317 g/mol. The van der Waals surface area contributed by atoms with Gasteiger partial charge in [0.25, 0.3) is 0 Å². The predicted octanol–water partition coefficient (Wildman–Crippen LogP) is 1.75. The molecule has 0 fully saturated rings. The fourth-order valence-corrected chi connectivity index (χ4v) is 1.88. The van der Waals surface area contributed by atoms with Crippen molar-refractivity contribution in [1.29, 1.82) is 0 Å². The average Bonchev–Trinajstić information content (AvgIpc) is 2.98. The van der Waals surface area contributed by atoms with Crippen molar-refractivity contribution < 1.29 is 19.0 Å². The minimum absolute atomic E-state index is 0.158. The van der Waals surface area contributed by atoms with E-state index in [4.69, 9.17) is 14.2 Å². The van der Waals surface area contributed by atoms with Gasteiger partial charge in [-0.15, -0.1) is 0 Å². The van der Waals surface area contributed by atoms with Crippen LogP contribution in [0.3, 0.4) is 0 Å². The van der Waals surface area contributed by atoms with Crippen LogP contribution < -0.4 is 9.47 Å². The number of carbonyl (C=O) groups excluding carboxylic acids is 1. The molecule has 0 aliphatic heterocycles. The third-order valence-electron chi connectivity index (χ3n) is 3.12. The highest BCUT2D eigenvalue weighted by Crippen LogP contribution is 2.28. The van der Waals surface area contributed by atoms with Crippen molar-refractivity contribution in [2.45, 2.75) is 0 Å². The number of carbonyl (C=O) groups is 1. The Morgan fingerprint density at radius 3 is 2.74 bits per heavy atom. The minimum atomic E-state index is -0.158. The summed E-state index contributed by atoms with van der Waals surface area (Å²) in [6, 6.07) is 5.04. The molecule has 0 saturated heterocycles. The van der Waals surface area contributed by atoms with Crippen LogP contribution in [-0.2, 0) is 11.8 Å². The zero-order valence-corrected chi connectivity index (χ0v) is 13.4. The topological polar surface area (TPSA) is 75.5 Å². The van der Waals surface area contributed by atoms with Gasteiger partial charge >= 0.3 is 0 Å². The first-order valence-corrected chi connectivity index (χ1v) is 7.02. The number of allylic oxidation sites excluding steroid dienone is 1. The first kappa shape index (κ1) is 16.7. The normalized spacial score (nSPS) is 10.9. The smallest absolute Gasteiger partial charge is 0.186 e. The molecule has 0 aliphatic rings. The minimum Gasteiger partial charge on any atom is -0.493 e. The average molecular weight is 317 g/mol. The van der Waals surface area contributed by atoms with E-state index in [1.54, 1.807) is 43.1 Å². The van der Waals surface area contributed by atoms with Crippen molar-refractivity contribution >= 4 is 11.9 Å². The van der Waals surface area contributed by atoms with Gasteiger partial charge in [-0.3, -0.25) is 4.79 Å². The molecule has 0 unspecified atom stereocenters. The number of aryl methyl sites for hydroxylation is 1. The van der Waals surface area contributed by atoms with Crippen molar-refractivity contribution in [3.8, 4) is 11.5 Å². The molecule has 0 atom stereocenters. The van der Waals surface area contributed by atoms with E-state index in [0.29, 0.717) is 36.1 Å². The lowest BCUT2D eigenvalue weighted by Crippen LogP contribution is -2.06. The van der Waals surface area contributed by atoms with E-state index in [1.807, 2.05) is 0 Å². The maximum Gasteiger partial charge on any atom is 0.186 e. The Bertz CT molecular complexity index is 694. The molecule has 2 rings (SSSR count). The summed E-state index contributed by atoms with van der Waals surface area (Å²) < 4.78 is 17.3. The fourth-order valence-electron chi connectivity index (χ4n) is 1.88. The number of hydrogen-bond acceptors (Lipinski definition) is 6. The first-order valence-electron chi connectivity index (χ1n) is 7.02. The van der Waals surface area contributed by atoms with E-state index in [2.05, 4.69) is 10.1 Å². The molecule has 23 heavy (non-hydrogen) atoms. The van der Waals surface area contributed by atoms with Crippen LogP contribution in [0.2, 0.25) is 0 Å². The highest BCUT2D eigenvalue weighted by molar-refractivity contribution is 6.07. The van der Waals surface area contributed by atoms with E-state index in [1.165, 1.54) is 19.5 Å². The molecular weight excluding hydrogens is 298 g/mol. The van der Waals surface area contributed by atoms with E-state index in [9.17, 15) is 4.79 Å². The highest BCUT2D eigenvalue weighted by Gasteiger charge is 2.10. The van der Waals surface area contributed by atoms with Crippen molar-refractivity contribution in [3.05, 3.63) is 42.0 Å². The zero-order valence-electron chi connectivity index (χ0n) is 13.4. The van der Waals surface area contributed by atoms with Gasteiger partial charge in [0.2, 0.25) is 0 Å². The molecule has 0 saturated carbocycles. The van der Waals surface area contributed by atoms with Crippen molar-refractivity contribution in [2.75, 3.05) is 27.4 Å². The summed E-state index contributed by atoms with van der Waals surface area (Å²) in [7, 11) is 4.89. The second kappa shape index (κ2) is 8.09. The summed E-state index contributed by atoms with van der Waals surface area (Å²) in [5.41, 5.74) is 0.499. The summed E-state index contributed by atoms with van der Waals surface area (Å²) in [5.74, 6) is 1.51. The number of hydrogen-bond donors (Lipinski definition) is 0. The van der Waals surface area contributed by atoms with Crippen molar-refractivity contribution in [1.82, 2.24) is 14.8 Å². The second-order valence-corrected chi connectivity index (χ2v) is 4.65. The molecule has 0 bridgehead atoms. The van der Waals surface area contributed by atoms with Crippen LogP contribution in [0.1, 0.15) is 16.2 Å². The van der Waals surface area contributed by atoms with E-state index < -0.39 is 0 Å². The molecule has 1 aromatic carbocycles. The lowest BCUT2D eigenvalue weighted by molar-refractivity contribution is 0.104. The van der Waals surface area contributed by atoms with Gasteiger partial charge in [-0.1, -0.05) is 0 Å². The van der Waals surface area contributed by atoms with Gasteiger partial charge in [0.15, 0.2) is 23.1 Å². The van der Waals surface area contributed by atoms with E-state index in [0.717, 1.165) is 0 Å². The largest absolute Gasteiger partial charge is 0.493 e. The Morgan fingerprint density at radius 1 is 1.26 bits per heavy atom. The molecule has 122 valence electrons. The van der Waals surface area contributed by atoms with Crippen LogP contribution in [0.15, 0.2) is 30.6 Å². The van der Waals surface area contributed by atoms with Gasteiger partial charge in [0, 0.05) is 19.7 Å². The number of benzene rings is 1. The third kappa shape index (κ3) is 4.40. The van der Waals surface area contributed by atoms with E-state index in [-0.39, 0.29) is 5.78 Å². The number of rotatable bonds is 8. The Labute approximate surface area is 134 Å². The van der Waals surface area contributed by atoms with Gasteiger partial charge in [-0.05, 0) is 30.4 Å². The summed E-state index contributed by atoms with van der Waals surface area (Å²) in [6.45, 7) is 0.885. The SMILES string of the molecule is COCCOc1ccc(C(=O)C=Cc2ncnn2C)cc1OC. The van der Waals surface area contributed by atoms with Crippen LogP contribution in [0, 0.1) is 0 Å². The zero-order chi connectivity index (χ0) is 16.7. The molecule has 0 spiro atoms. The van der Waals surface area contributed by atoms with Gasteiger partial charge in [-0.2, -0.15) is 5.10 Å². The van der Waals surface area contributed by atoms with Gasteiger partial charge in [0.1, 0.15) is 12.9 Å². The molecule has 7 heteroatoms. The standard InChI is InChI=1S/C16H19N3O4/c1-19-16(17-11-18-19)7-5-13(20)12-4-6-14(15(10-12)22-3)23-9-8-21-2/h4-7,10-11H,8-9H2,1-3H3. The molecule has 1 aromatic heterocycles. The molecule has 1 heterocycles. The Kier molecular flexibility index (Phi) is 5.87. The van der Waals surface area contributed by atoms with Crippen LogP contribution >= 0.6 is 0 Å². The number of methoxy groups -OCH3 is 2. The van der Waals surface area contributed by atoms with Crippen LogP contribution in [0.4, 0.5) is 0 Å². The Balaban J connectivity index is 2.11. The van der Waals surface area contributed by atoms with Crippen LogP contribution in [0.5, 0.6) is 11.5 Å². The molecule has 2 aromatic rings. The maximum absolute atomic E-state index is 12.2. The fraction of sp³-hybridized carbons (Fsp3) is 0.312. The van der Waals surface area contributed by atoms with Crippen LogP contribution in [0.25, 0.3) is 6.08 Å². The maximum atomic E-state index is 12.2. The van der Waals surface area contributed by atoms with Crippen molar-refractivity contribution in [3.63, 3.8) is 0 Å². The summed E-state index contributed by atoms with van der Waals surface area (Å²) in [5, 5.41) is 3.94. The predicted molar refractivity (Wildman–Crippen MR) is 84.7 cm³/mol. The quantitative estimate of drug-likeness (QED) is 0.419. The number of nitrogens with zero attached hydrogens (tertiary/aromatic N) is 3. The number of aromatic nitrogens is 3.